The molecule has 0 unspecified atom stereocenters. The number of carbonyl (C=O) groups excluding carboxylic acids is 1. The van der Waals surface area contributed by atoms with E-state index in [0.29, 0.717) is 6.54 Å². The van der Waals surface area contributed by atoms with Crippen LogP contribution in [-0.4, -0.2) is 41.5 Å². The number of amides is 1. The SMILES string of the molecule is CCN(CC)S(=O)(=O)c1ccc(F)c(C(=O)NCc2ccc(Cn3cccn3)cc2)c1. The van der Waals surface area contributed by atoms with Crippen LogP contribution in [0.2, 0.25) is 0 Å². The smallest absolute Gasteiger partial charge is 0.254 e. The summed E-state index contributed by atoms with van der Waals surface area (Å²) in [6.07, 6.45) is 3.59. The van der Waals surface area contributed by atoms with Crippen molar-refractivity contribution in [3.05, 3.63) is 83.4 Å². The molecule has 0 spiro atoms. The molecule has 0 bridgehead atoms. The number of nitrogens with zero attached hydrogens (tertiary/aromatic N) is 3. The molecule has 9 heteroatoms. The zero-order chi connectivity index (χ0) is 22.4. The first-order valence-electron chi connectivity index (χ1n) is 9.98. The predicted molar refractivity (Wildman–Crippen MR) is 115 cm³/mol. The minimum Gasteiger partial charge on any atom is -0.348 e. The Morgan fingerprint density at radius 3 is 2.39 bits per heavy atom. The van der Waals surface area contributed by atoms with Crippen LogP contribution in [0, 0.1) is 5.82 Å². The van der Waals surface area contributed by atoms with Gasteiger partial charge in [-0.1, -0.05) is 38.1 Å². The van der Waals surface area contributed by atoms with E-state index in [1.165, 1.54) is 10.4 Å². The highest BCUT2D eigenvalue weighted by atomic mass is 32.2. The van der Waals surface area contributed by atoms with Gasteiger partial charge in [0.15, 0.2) is 0 Å². The highest BCUT2D eigenvalue weighted by molar-refractivity contribution is 7.89. The Hall–Kier alpha value is -3.04. The second kappa shape index (κ2) is 9.84. The van der Waals surface area contributed by atoms with Crippen molar-refractivity contribution < 1.29 is 17.6 Å². The van der Waals surface area contributed by atoms with Crippen molar-refractivity contribution in [1.29, 1.82) is 0 Å². The number of hydrogen-bond donors (Lipinski definition) is 1. The van der Waals surface area contributed by atoms with Crippen molar-refractivity contribution in [1.82, 2.24) is 19.4 Å². The number of aromatic nitrogens is 2. The lowest BCUT2D eigenvalue weighted by Gasteiger charge is -2.19. The van der Waals surface area contributed by atoms with Gasteiger partial charge < -0.3 is 5.32 Å². The molecule has 0 aliphatic carbocycles. The fraction of sp³-hybridized carbons (Fsp3) is 0.273. The van der Waals surface area contributed by atoms with Crippen molar-refractivity contribution >= 4 is 15.9 Å². The zero-order valence-corrected chi connectivity index (χ0v) is 18.3. The van der Waals surface area contributed by atoms with Gasteiger partial charge in [-0.25, -0.2) is 12.8 Å². The molecule has 1 heterocycles. The highest BCUT2D eigenvalue weighted by Gasteiger charge is 2.24. The standard InChI is InChI=1S/C22H25FN4O3S/c1-3-27(4-2)31(29,30)19-10-11-21(23)20(14-19)22(28)24-15-17-6-8-18(9-7-17)16-26-13-5-12-25-26/h5-14H,3-4,15-16H2,1-2H3,(H,24,28). The summed E-state index contributed by atoms with van der Waals surface area (Å²) in [6.45, 7) is 4.84. The number of carbonyl (C=O) groups is 1. The van der Waals surface area contributed by atoms with Gasteiger partial charge in [-0.05, 0) is 35.4 Å². The minimum atomic E-state index is -3.79. The van der Waals surface area contributed by atoms with Crippen LogP contribution in [-0.2, 0) is 23.1 Å². The first-order chi connectivity index (χ1) is 14.8. The Labute approximate surface area is 181 Å². The van der Waals surface area contributed by atoms with Gasteiger partial charge >= 0.3 is 0 Å². The van der Waals surface area contributed by atoms with E-state index in [4.69, 9.17) is 0 Å². The molecular formula is C22H25FN4O3S. The first kappa shape index (κ1) is 22.6. The van der Waals surface area contributed by atoms with Crippen LogP contribution < -0.4 is 5.32 Å². The number of benzene rings is 2. The van der Waals surface area contributed by atoms with Crippen LogP contribution in [0.25, 0.3) is 0 Å². The van der Waals surface area contributed by atoms with E-state index in [2.05, 4.69) is 10.4 Å². The first-order valence-corrected chi connectivity index (χ1v) is 11.4. The summed E-state index contributed by atoms with van der Waals surface area (Å²) in [7, 11) is -3.79. The summed E-state index contributed by atoms with van der Waals surface area (Å²) in [6, 6.07) is 12.7. The fourth-order valence-corrected chi connectivity index (χ4v) is 4.66. The Balaban J connectivity index is 1.69. The molecule has 3 aromatic rings. The molecule has 3 rings (SSSR count). The molecule has 0 saturated carbocycles. The number of halogens is 1. The van der Waals surface area contributed by atoms with Gasteiger partial charge in [-0.2, -0.15) is 9.40 Å². The van der Waals surface area contributed by atoms with E-state index in [1.807, 2.05) is 36.5 Å². The average molecular weight is 445 g/mol. The normalized spacial score (nSPS) is 11.6. The molecular weight excluding hydrogens is 419 g/mol. The minimum absolute atomic E-state index is 0.106. The summed E-state index contributed by atoms with van der Waals surface area (Å²) in [5.41, 5.74) is 1.59. The molecule has 0 atom stereocenters. The largest absolute Gasteiger partial charge is 0.348 e. The topological polar surface area (TPSA) is 84.3 Å². The van der Waals surface area contributed by atoms with E-state index >= 15 is 0 Å². The summed E-state index contributed by atoms with van der Waals surface area (Å²) in [4.78, 5) is 12.4. The summed E-state index contributed by atoms with van der Waals surface area (Å²) >= 11 is 0. The van der Waals surface area contributed by atoms with E-state index in [1.54, 1.807) is 24.7 Å². The molecule has 0 fully saturated rings. The van der Waals surface area contributed by atoms with Crippen LogP contribution in [0.1, 0.15) is 35.3 Å². The predicted octanol–water partition coefficient (Wildman–Crippen LogP) is 3.03. The number of nitrogens with one attached hydrogen (secondary N) is 1. The summed E-state index contributed by atoms with van der Waals surface area (Å²) in [5, 5.41) is 6.81. The second-order valence-electron chi connectivity index (χ2n) is 6.93. The Kier molecular flexibility index (Phi) is 7.19. The van der Waals surface area contributed by atoms with Gasteiger partial charge in [0, 0.05) is 32.0 Å². The number of sulfonamides is 1. The second-order valence-corrected chi connectivity index (χ2v) is 8.87. The van der Waals surface area contributed by atoms with E-state index in [9.17, 15) is 17.6 Å². The molecule has 0 aliphatic rings. The molecule has 2 aromatic carbocycles. The monoisotopic (exact) mass is 444 g/mol. The van der Waals surface area contributed by atoms with Crippen LogP contribution in [0.15, 0.2) is 65.8 Å². The third-order valence-corrected chi connectivity index (χ3v) is 6.95. The lowest BCUT2D eigenvalue weighted by molar-refractivity contribution is 0.0946. The Bertz CT molecular complexity index is 1130. The van der Waals surface area contributed by atoms with Gasteiger partial charge in [0.05, 0.1) is 17.0 Å². The molecule has 0 radical (unpaired) electrons. The Morgan fingerprint density at radius 1 is 1.10 bits per heavy atom. The molecule has 1 aromatic heterocycles. The molecule has 0 saturated heterocycles. The number of rotatable bonds is 9. The van der Waals surface area contributed by atoms with Crippen molar-refractivity contribution in [2.75, 3.05) is 13.1 Å². The maximum Gasteiger partial charge on any atom is 0.254 e. The quantitative estimate of drug-likeness (QED) is 0.550. The van der Waals surface area contributed by atoms with Crippen molar-refractivity contribution in [2.24, 2.45) is 0 Å². The lowest BCUT2D eigenvalue weighted by atomic mass is 10.1. The van der Waals surface area contributed by atoms with Crippen molar-refractivity contribution in [3.63, 3.8) is 0 Å². The zero-order valence-electron chi connectivity index (χ0n) is 17.5. The molecule has 0 aliphatic heterocycles. The maximum atomic E-state index is 14.3. The highest BCUT2D eigenvalue weighted by Crippen LogP contribution is 2.19. The fourth-order valence-electron chi connectivity index (χ4n) is 3.17. The molecule has 31 heavy (non-hydrogen) atoms. The van der Waals surface area contributed by atoms with Gasteiger partial charge in [0.2, 0.25) is 10.0 Å². The molecule has 1 N–H and O–H groups in total. The summed E-state index contributed by atoms with van der Waals surface area (Å²) in [5.74, 6) is -1.44. The molecule has 7 nitrogen and oxygen atoms in total. The van der Waals surface area contributed by atoms with E-state index in [-0.39, 0.29) is 30.1 Å². The van der Waals surface area contributed by atoms with Gasteiger partial charge in [0.25, 0.3) is 5.91 Å². The van der Waals surface area contributed by atoms with Gasteiger partial charge in [-0.3, -0.25) is 9.48 Å². The maximum absolute atomic E-state index is 14.3. The third kappa shape index (κ3) is 5.36. The lowest BCUT2D eigenvalue weighted by Crippen LogP contribution is -2.31. The van der Waals surface area contributed by atoms with E-state index in [0.717, 1.165) is 23.3 Å². The van der Waals surface area contributed by atoms with Crippen LogP contribution >= 0.6 is 0 Å². The number of hydrogen-bond acceptors (Lipinski definition) is 4. The molecule has 164 valence electrons. The van der Waals surface area contributed by atoms with Crippen LogP contribution in [0.5, 0.6) is 0 Å². The van der Waals surface area contributed by atoms with Crippen LogP contribution in [0.4, 0.5) is 4.39 Å². The molecule has 1 amide bonds. The Morgan fingerprint density at radius 2 is 1.77 bits per heavy atom. The van der Waals surface area contributed by atoms with Crippen molar-refractivity contribution in [2.45, 2.75) is 31.8 Å². The van der Waals surface area contributed by atoms with Crippen molar-refractivity contribution in [3.8, 4) is 0 Å². The average Bonchev–Trinajstić information content (AvgIpc) is 3.27. The van der Waals surface area contributed by atoms with E-state index < -0.39 is 21.7 Å². The van der Waals surface area contributed by atoms with Crippen LogP contribution in [0.3, 0.4) is 0 Å². The van der Waals surface area contributed by atoms with Gasteiger partial charge in [-0.15, -0.1) is 0 Å². The van der Waals surface area contributed by atoms with Gasteiger partial charge in [0.1, 0.15) is 5.82 Å². The third-order valence-electron chi connectivity index (χ3n) is 4.91. The summed E-state index contributed by atoms with van der Waals surface area (Å²) < 4.78 is 42.7.